The van der Waals surface area contributed by atoms with Crippen LogP contribution in [0.5, 0.6) is 11.5 Å². The molecule has 310 valence electrons. The molecule has 3 aliphatic rings. The average Bonchev–Trinajstić information content (AvgIpc) is 3.59. The van der Waals surface area contributed by atoms with Gasteiger partial charge in [-0.3, -0.25) is 19.9 Å². The van der Waals surface area contributed by atoms with Crippen molar-refractivity contribution in [3.05, 3.63) is 107 Å². The van der Waals surface area contributed by atoms with E-state index in [4.69, 9.17) is 20.6 Å². The maximum absolute atomic E-state index is 13.2. The van der Waals surface area contributed by atoms with Crippen LogP contribution in [-0.4, -0.2) is 120 Å². The molecule has 14 nitrogen and oxygen atoms in total. The molecule has 1 aromatic heterocycles. The lowest BCUT2D eigenvalue weighted by Gasteiger charge is -2.34. The number of nitrogen functional groups attached to an aromatic ring is 1. The first kappa shape index (κ1) is 41.5. The number of benzene rings is 3. The van der Waals surface area contributed by atoms with Crippen molar-refractivity contribution in [3.8, 4) is 11.5 Å². The van der Waals surface area contributed by atoms with E-state index >= 15 is 0 Å². The number of likely N-dealkylation sites (N-methyl/N-ethyl adjacent to an activating group) is 1. The summed E-state index contributed by atoms with van der Waals surface area (Å²) in [5, 5.41) is 15.3. The van der Waals surface area contributed by atoms with Gasteiger partial charge in [-0.05, 0) is 111 Å². The largest absolute Gasteiger partial charge is 0.457 e. The smallest absolute Gasteiger partial charge is 0.255 e. The highest BCUT2D eigenvalue weighted by Gasteiger charge is 2.36. The van der Waals surface area contributed by atoms with E-state index in [1.807, 2.05) is 60.7 Å². The Balaban J connectivity index is 0.830. The van der Waals surface area contributed by atoms with E-state index in [1.165, 1.54) is 11.9 Å². The number of amides is 2. The van der Waals surface area contributed by atoms with E-state index < -0.39 is 6.04 Å². The monoisotopic (exact) mass is 801 g/mol. The quantitative estimate of drug-likeness (QED) is 0.0599. The number of aldehydes is 1. The number of para-hydroxylation sites is 1. The lowest BCUT2D eigenvalue weighted by atomic mass is 9.88. The van der Waals surface area contributed by atoms with Crippen LogP contribution >= 0.6 is 0 Å². The SMILES string of the molecule is CNC(=O)C(CCC=O)N1Cc2cc(C3CCN(CCOCCN4CCCC(Nc5ncnc(N)c5C(=N)c5ccc(Oc6ccccc6)cc5)C4)CC3)ccc2C1=O. The number of likely N-dealkylation sites (tertiary alicyclic amines) is 2. The molecule has 0 aliphatic carbocycles. The Bertz CT molecular complexity index is 2070. The maximum Gasteiger partial charge on any atom is 0.255 e. The van der Waals surface area contributed by atoms with Gasteiger partial charge in [-0.25, -0.2) is 9.97 Å². The van der Waals surface area contributed by atoms with Crippen LogP contribution in [0.25, 0.3) is 0 Å². The predicted octanol–water partition coefficient (Wildman–Crippen LogP) is 5.09. The molecule has 59 heavy (non-hydrogen) atoms. The number of hydrogen-bond acceptors (Lipinski definition) is 12. The van der Waals surface area contributed by atoms with Crippen LogP contribution in [-0.2, 0) is 20.9 Å². The molecule has 0 saturated carbocycles. The first-order valence-corrected chi connectivity index (χ1v) is 20.7. The Kier molecular flexibility index (Phi) is 13.9. The van der Waals surface area contributed by atoms with Gasteiger partial charge in [0.25, 0.3) is 5.91 Å². The van der Waals surface area contributed by atoms with Crippen LogP contribution in [0.1, 0.15) is 77.1 Å². The van der Waals surface area contributed by atoms with E-state index in [0.717, 1.165) is 82.6 Å². The van der Waals surface area contributed by atoms with Crippen molar-refractivity contribution < 1.29 is 23.9 Å². The van der Waals surface area contributed by atoms with E-state index in [0.29, 0.717) is 60.4 Å². The van der Waals surface area contributed by atoms with E-state index in [-0.39, 0.29) is 35.8 Å². The molecule has 0 bridgehead atoms. The Morgan fingerprint density at radius 2 is 1.71 bits per heavy atom. The number of hydrogen-bond donors (Lipinski definition) is 4. The number of anilines is 2. The fourth-order valence-electron chi connectivity index (χ4n) is 8.45. The van der Waals surface area contributed by atoms with Crippen molar-refractivity contribution in [3.63, 3.8) is 0 Å². The molecule has 2 atom stereocenters. The van der Waals surface area contributed by atoms with Gasteiger partial charge in [-0.1, -0.05) is 30.3 Å². The summed E-state index contributed by atoms with van der Waals surface area (Å²) in [5.74, 6) is 2.28. The molecule has 3 aromatic carbocycles. The van der Waals surface area contributed by atoms with Crippen LogP contribution in [0, 0.1) is 5.41 Å². The third kappa shape index (κ3) is 10.3. The predicted molar refractivity (Wildman–Crippen MR) is 227 cm³/mol. The second-order valence-electron chi connectivity index (χ2n) is 15.5. The molecule has 0 spiro atoms. The molecule has 3 aliphatic heterocycles. The summed E-state index contributed by atoms with van der Waals surface area (Å²) < 4.78 is 12.1. The van der Waals surface area contributed by atoms with Gasteiger partial charge in [0.15, 0.2) is 0 Å². The lowest BCUT2D eigenvalue weighted by molar-refractivity contribution is -0.125. The molecule has 4 aromatic rings. The van der Waals surface area contributed by atoms with Crippen LogP contribution < -0.4 is 21.1 Å². The number of carbonyl (C=O) groups excluding carboxylic acids is 3. The van der Waals surface area contributed by atoms with E-state index in [1.54, 1.807) is 11.9 Å². The highest BCUT2D eigenvalue weighted by atomic mass is 16.5. The normalized spacial score (nSPS) is 17.9. The first-order valence-electron chi connectivity index (χ1n) is 20.7. The molecule has 14 heteroatoms. The Labute approximate surface area is 346 Å². The summed E-state index contributed by atoms with van der Waals surface area (Å²) in [6.45, 7) is 7.26. The molecule has 7 rings (SSSR count). The third-order valence-corrected chi connectivity index (χ3v) is 11.7. The van der Waals surface area contributed by atoms with Gasteiger partial charge in [0.05, 0.1) is 24.5 Å². The molecule has 2 amide bonds. The molecule has 2 saturated heterocycles. The summed E-state index contributed by atoms with van der Waals surface area (Å²) in [6.07, 6.45) is 6.87. The summed E-state index contributed by atoms with van der Waals surface area (Å²) >= 11 is 0. The maximum atomic E-state index is 13.2. The highest BCUT2D eigenvalue weighted by Crippen LogP contribution is 2.33. The standard InChI is InChI=1S/C45H55N9O5/c1-48-44(56)39(10-6-24-55)54-28-34-27-33(13-16-38(34)45(54)57)31-17-20-52(21-18-31)22-25-58-26-23-53-19-5-7-35(29-53)51-43-40(42(47)49-30-50-43)41(46)32-11-14-37(15-12-32)59-36-8-3-2-4-9-36/h2-4,8-9,11-16,24,27,30-31,35,39,46H,5-7,10,17-23,25-26,28-29H2,1H3,(H,48,56)(H3,47,49,50,51). The number of carbonyl (C=O) groups is 3. The molecule has 4 heterocycles. The van der Waals surface area contributed by atoms with Crippen molar-refractivity contribution in [2.45, 2.75) is 63.1 Å². The van der Waals surface area contributed by atoms with Crippen molar-refractivity contribution in [1.82, 2.24) is 30.0 Å². The summed E-state index contributed by atoms with van der Waals surface area (Å²) in [7, 11) is 1.56. The topological polar surface area (TPSA) is 179 Å². The minimum atomic E-state index is -0.655. The minimum absolute atomic E-state index is 0.144. The molecule has 2 unspecified atom stereocenters. The number of nitrogens with two attached hydrogens (primary N) is 1. The number of aromatic nitrogens is 2. The minimum Gasteiger partial charge on any atom is -0.457 e. The van der Waals surface area contributed by atoms with Gasteiger partial charge in [-0.15, -0.1) is 0 Å². The summed E-state index contributed by atoms with van der Waals surface area (Å²) in [5.41, 5.74) is 10.6. The fourth-order valence-corrected chi connectivity index (χ4v) is 8.45. The van der Waals surface area contributed by atoms with E-state index in [9.17, 15) is 14.4 Å². The Morgan fingerprint density at radius 1 is 0.966 bits per heavy atom. The molecular weight excluding hydrogens is 747 g/mol. The Morgan fingerprint density at radius 3 is 2.46 bits per heavy atom. The van der Waals surface area contributed by atoms with Crippen molar-refractivity contribution in [1.29, 1.82) is 5.41 Å². The second-order valence-corrected chi connectivity index (χ2v) is 15.5. The van der Waals surface area contributed by atoms with Gasteiger partial charge in [0, 0.05) is 56.8 Å². The lowest BCUT2D eigenvalue weighted by Crippen LogP contribution is -2.46. The van der Waals surface area contributed by atoms with Crippen LogP contribution in [0.15, 0.2) is 79.1 Å². The molecular formula is C45H55N9O5. The van der Waals surface area contributed by atoms with Gasteiger partial charge >= 0.3 is 0 Å². The highest BCUT2D eigenvalue weighted by molar-refractivity contribution is 6.16. The number of ether oxygens (including phenoxy) is 2. The number of nitrogens with one attached hydrogen (secondary N) is 3. The number of piperidine rings is 2. The first-order chi connectivity index (χ1) is 28.8. The van der Waals surface area contributed by atoms with Crippen LogP contribution in [0.4, 0.5) is 11.6 Å². The average molecular weight is 802 g/mol. The van der Waals surface area contributed by atoms with Crippen molar-refractivity contribution >= 4 is 35.4 Å². The number of nitrogens with zero attached hydrogens (tertiary/aromatic N) is 5. The zero-order valence-corrected chi connectivity index (χ0v) is 33.8. The zero-order chi connectivity index (χ0) is 41.1. The second kappa shape index (κ2) is 19.8. The van der Waals surface area contributed by atoms with Gasteiger partial charge in [0.1, 0.15) is 41.8 Å². The van der Waals surface area contributed by atoms with Crippen molar-refractivity contribution in [2.24, 2.45) is 0 Å². The molecule has 0 radical (unpaired) electrons. The van der Waals surface area contributed by atoms with Gasteiger partial charge < -0.3 is 40.4 Å². The zero-order valence-electron chi connectivity index (χ0n) is 33.8. The van der Waals surface area contributed by atoms with Gasteiger partial charge in [-0.2, -0.15) is 0 Å². The van der Waals surface area contributed by atoms with Gasteiger partial charge in [0.2, 0.25) is 5.91 Å². The number of rotatable bonds is 18. The third-order valence-electron chi connectivity index (χ3n) is 11.7. The summed E-state index contributed by atoms with van der Waals surface area (Å²) in [4.78, 5) is 52.0. The van der Waals surface area contributed by atoms with Crippen molar-refractivity contribution in [2.75, 3.05) is 70.6 Å². The molecule has 2 fully saturated rings. The fraction of sp³-hybridized carbons (Fsp3) is 0.422. The van der Waals surface area contributed by atoms with Crippen LogP contribution in [0.2, 0.25) is 0 Å². The summed E-state index contributed by atoms with van der Waals surface area (Å²) in [6, 6.07) is 22.6. The number of fused-ring (bicyclic) bond motifs is 1. The molecule has 5 N–H and O–H groups in total. The Hall–Kier alpha value is -5.70. The van der Waals surface area contributed by atoms with Crippen LogP contribution in [0.3, 0.4) is 0 Å². The van der Waals surface area contributed by atoms with E-state index in [2.05, 4.69) is 42.5 Å².